The Labute approximate surface area is 85.8 Å². The molecule has 0 saturated heterocycles. The van der Waals surface area contributed by atoms with Crippen LogP contribution in [0, 0.1) is 13.8 Å². The van der Waals surface area contributed by atoms with Gasteiger partial charge in [-0.05, 0) is 49.8 Å². The van der Waals surface area contributed by atoms with E-state index < -0.39 is 0 Å². The Morgan fingerprint density at radius 3 is 2.21 bits per heavy atom. The lowest BCUT2D eigenvalue weighted by atomic mass is 10.0. The van der Waals surface area contributed by atoms with Crippen LogP contribution in [0.3, 0.4) is 0 Å². The van der Waals surface area contributed by atoms with Crippen LogP contribution in [0.5, 0.6) is 0 Å². The minimum Gasteiger partial charge on any atom is -0.398 e. The van der Waals surface area contributed by atoms with Crippen molar-refractivity contribution in [2.45, 2.75) is 33.1 Å². The van der Waals surface area contributed by atoms with Gasteiger partial charge >= 0.3 is 0 Å². The van der Waals surface area contributed by atoms with Crippen molar-refractivity contribution in [1.82, 2.24) is 0 Å². The highest BCUT2D eigenvalue weighted by Crippen LogP contribution is 2.19. The number of anilines is 1. The number of rotatable bonds is 4. The van der Waals surface area contributed by atoms with Crippen molar-refractivity contribution < 1.29 is 5.11 Å². The first-order valence-electron chi connectivity index (χ1n) is 5.11. The minimum absolute atomic E-state index is 0.285. The third-order valence-electron chi connectivity index (χ3n) is 2.53. The lowest BCUT2D eigenvalue weighted by Gasteiger charge is -2.08. The summed E-state index contributed by atoms with van der Waals surface area (Å²) >= 11 is 0. The summed E-state index contributed by atoms with van der Waals surface area (Å²) < 4.78 is 0. The van der Waals surface area contributed by atoms with Crippen LogP contribution in [0.2, 0.25) is 0 Å². The van der Waals surface area contributed by atoms with Gasteiger partial charge in [-0.15, -0.1) is 0 Å². The van der Waals surface area contributed by atoms with Gasteiger partial charge in [0.15, 0.2) is 0 Å². The number of nitrogens with two attached hydrogens (primary N) is 1. The summed E-state index contributed by atoms with van der Waals surface area (Å²) in [6.45, 7) is 4.36. The fourth-order valence-corrected chi connectivity index (χ4v) is 1.65. The number of aliphatic hydroxyl groups excluding tert-OH is 1. The second-order valence-electron chi connectivity index (χ2n) is 3.82. The number of nitrogen functional groups attached to an aromatic ring is 1. The summed E-state index contributed by atoms with van der Waals surface area (Å²) in [5, 5.41) is 8.68. The second-order valence-corrected chi connectivity index (χ2v) is 3.82. The molecule has 1 rings (SSSR count). The third kappa shape index (κ3) is 2.74. The fourth-order valence-electron chi connectivity index (χ4n) is 1.65. The third-order valence-corrected chi connectivity index (χ3v) is 2.53. The number of unbranched alkanes of at least 4 members (excludes halogenated alkanes) is 1. The van der Waals surface area contributed by atoms with E-state index >= 15 is 0 Å². The van der Waals surface area contributed by atoms with E-state index in [1.54, 1.807) is 0 Å². The molecule has 0 fully saturated rings. The van der Waals surface area contributed by atoms with Crippen LogP contribution in [0.1, 0.15) is 29.5 Å². The van der Waals surface area contributed by atoms with Crippen molar-refractivity contribution in [2.24, 2.45) is 0 Å². The van der Waals surface area contributed by atoms with Crippen molar-refractivity contribution in [1.29, 1.82) is 0 Å². The molecule has 0 saturated carbocycles. The zero-order valence-electron chi connectivity index (χ0n) is 9.01. The van der Waals surface area contributed by atoms with Crippen molar-refractivity contribution >= 4 is 5.69 Å². The summed E-state index contributed by atoms with van der Waals surface area (Å²) in [6.07, 6.45) is 2.95. The van der Waals surface area contributed by atoms with Crippen molar-refractivity contribution in [3.63, 3.8) is 0 Å². The molecule has 0 aliphatic carbocycles. The molecule has 0 aromatic heterocycles. The number of aliphatic hydroxyl groups is 1. The summed E-state index contributed by atoms with van der Waals surface area (Å²) in [5.41, 5.74) is 10.4. The summed E-state index contributed by atoms with van der Waals surface area (Å²) in [6, 6.07) is 4.28. The average Bonchev–Trinajstić information content (AvgIpc) is 2.14. The highest BCUT2D eigenvalue weighted by Gasteiger charge is 2.01. The van der Waals surface area contributed by atoms with E-state index in [-0.39, 0.29) is 6.61 Å². The molecule has 0 spiro atoms. The molecule has 0 aliphatic heterocycles. The second kappa shape index (κ2) is 5.01. The number of hydrogen-bond acceptors (Lipinski definition) is 2. The van der Waals surface area contributed by atoms with E-state index in [0.717, 1.165) is 36.1 Å². The minimum atomic E-state index is 0.285. The summed E-state index contributed by atoms with van der Waals surface area (Å²) in [7, 11) is 0. The topological polar surface area (TPSA) is 46.2 Å². The van der Waals surface area contributed by atoms with Gasteiger partial charge in [0.05, 0.1) is 0 Å². The normalized spacial score (nSPS) is 10.5. The van der Waals surface area contributed by atoms with Crippen molar-refractivity contribution in [3.8, 4) is 0 Å². The van der Waals surface area contributed by atoms with E-state index in [1.807, 2.05) is 13.8 Å². The van der Waals surface area contributed by atoms with Crippen LogP contribution in [0.4, 0.5) is 5.69 Å². The molecule has 0 bridgehead atoms. The molecular formula is C12H19NO. The molecule has 0 aliphatic rings. The molecule has 0 radical (unpaired) electrons. The molecule has 0 atom stereocenters. The highest BCUT2D eigenvalue weighted by atomic mass is 16.2. The average molecular weight is 193 g/mol. The SMILES string of the molecule is Cc1cc(CCCCO)cc(C)c1N. The molecule has 0 unspecified atom stereocenters. The lowest BCUT2D eigenvalue weighted by Crippen LogP contribution is -1.97. The van der Waals surface area contributed by atoms with Gasteiger partial charge in [-0.1, -0.05) is 12.1 Å². The predicted octanol–water partition coefficient (Wildman–Crippen LogP) is 2.20. The first kappa shape index (κ1) is 11.1. The van der Waals surface area contributed by atoms with E-state index in [4.69, 9.17) is 10.8 Å². The van der Waals surface area contributed by atoms with Gasteiger partial charge in [-0.3, -0.25) is 0 Å². The zero-order valence-corrected chi connectivity index (χ0v) is 9.01. The van der Waals surface area contributed by atoms with E-state index in [2.05, 4.69) is 12.1 Å². The first-order valence-corrected chi connectivity index (χ1v) is 5.11. The molecule has 78 valence electrons. The van der Waals surface area contributed by atoms with Crippen LogP contribution >= 0.6 is 0 Å². The summed E-state index contributed by atoms with van der Waals surface area (Å²) in [5.74, 6) is 0. The highest BCUT2D eigenvalue weighted by molar-refractivity contribution is 5.54. The Hall–Kier alpha value is -1.02. The van der Waals surface area contributed by atoms with Gasteiger partial charge < -0.3 is 10.8 Å². The predicted molar refractivity (Wildman–Crippen MR) is 60.4 cm³/mol. The smallest absolute Gasteiger partial charge is 0.0431 e. The van der Waals surface area contributed by atoms with Crippen LogP contribution in [-0.2, 0) is 6.42 Å². The van der Waals surface area contributed by atoms with Gasteiger partial charge in [-0.25, -0.2) is 0 Å². The van der Waals surface area contributed by atoms with E-state index in [1.165, 1.54) is 5.56 Å². The first-order chi connectivity index (χ1) is 6.65. The maximum Gasteiger partial charge on any atom is 0.0431 e. The Morgan fingerprint density at radius 2 is 1.71 bits per heavy atom. The monoisotopic (exact) mass is 193 g/mol. The Bertz CT molecular complexity index is 284. The van der Waals surface area contributed by atoms with Crippen LogP contribution in [-0.4, -0.2) is 11.7 Å². The molecule has 2 heteroatoms. The summed E-state index contributed by atoms with van der Waals surface area (Å²) in [4.78, 5) is 0. The fraction of sp³-hybridized carbons (Fsp3) is 0.500. The van der Waals surface area contributed by atoms with Crippen molar-refractivity contribution in [3.05, 3.63) is 28.8 Å². The Kier molecular flexibility index (Phi) is 3.96. The molecule has 1 aromatic carbocycles. The number of hydrogen-bond donors (Lipinski definition) is 2. The van der Waals surface area contributed by atoms with Gasteiger partial charge in [0, 0.05) is 12.3 Å². The van der Waals surface area contributed by atoms with Crippen LogP contribution < -0.4 is 5.73 Å². The van der Waals surface area contributed by atoms with Crippen LogP contribution in [0.15, 0.2) is 12.1 Å². The molecule has 14 heavy (non-hydrogen) atoms. The molecular weight excluding hydrogens is 174 g/mol. The van der Waals surface area contributed by atoms with Gasteiger partial charge in [-0.2, -0.15) is 0 Å². The maximum absolute atomic E-state index is 8.68. The van der Waals surface area contributed by atoms with Gasteiger partial charge in [0.2, 0.25) is 0 Å². The van der Waals surface area contributed by atoms with E-state index in [9.17, 15) is 0 Å². The molecule has 3 N–H and O–H groups in total. The molecule has 1 aromatic rings. The molecule has 2 nitrogen and oxygen atoms in total. The van der Waals surface area contributed by atoms with E-state index in [0.29, 0.717) is 0 Å². The van der Waals surface area contributed by atoms with Gasteiger partial charge in [0.1, 0.15) is 0 Å². The largest absolute Gasteiger partial charge is 0.398 e. The Morgan fingerprint density at radius 1 is 1.14 bits per heavy atom. The van der Waals surface area contributed by atoms with Crippen molar-refractivity contribution in [2.75, 3.05) is 12.3 Å². The number of benzene rings is 1. The quantitative estimate of drug-likeness (QED) is 0.569. The molecule has 0 heterocycles. The Balaban J connectivity index is 2.69. The van der Waals surface area contributed by atoms with Crippen LogP contribution in [0.25, 0.3) is 0 Å². The molecule has 0 amide bonds. The lowest BCUT2D eigenvalue weighted by molar-refractivity contribution is 0.284. The maximum atomic E-state index is 8.68. The standard InChI is InChI=1S/C12H19NO/c1-9-7-11(5-3-4-6-14)8-10(2)12(9)13/h7-8,14H,3-6,13H2,1-2H3. The zero-order chi connectivity index (χ0) is 10.6. The number of aryl methyl sites for hydroxylation is 3. The van der Waals surface area contributed by atoms with Gasteiger partial charge in [0.25, 0.3) is 0 Å².